The van der Waals surface area contributed by atoms with Crippen molar-refractivity contribution >= 4 is 23.3 Å². The Morgan fingerprint density at radius 2 is 1.85 bits per heavy atom. The number of esters is 1. The third-order valence-corrected chi connectivity index (χ3v) is 2.58. The summed E-state index contributed by atoms with van der Waals surface area (Å²) >= 11 is 0. The predicted octanol–water partition coefficient (Wildman–Crippen LogP) is 1.79. The van der Waals surface area contributed by atoms with Crippen LogP contribution >= 0.6 is 0 Å². The Balaban J connectivity index is 3.15. The van der Waals surface area contributed by atoms with E-state index in [4.69, 9.17) is 4.74 Å². The molecular weight excluding hydrogens is 262 g/mol. The van der Waals surface area contributed by atoms with E-state index in [-0.39, 0.29) is 23.0 Å². The molecule has 0 aliphatic heterocycles. The summed E-state index contributed by atoms with van der Waals surface area (Å²) in [5, 5.41) is 2.58. The summed E-state index contributed by atoms with van der Waals surface area (Å²) in [7, 11) is 1.25. The molecule has 1 atom stereocenters. The maximum atomic E-state index is 11.6. The van der Waals surface area contributed by atoms with Crippen LogP contribution in [0.4, 0.5) is 5.69 Å². The van der Waals surface area contributed by atoms with Crippen molar-refractivity contribution in [3.8, 4) is 5.75 Å². The van der Waals surface area contributed by atoms with E-state index in [1.165, 1.54) is 33.1 Å². The molecule has 0 heterocycles. The van der Waals surface area contributed by atoms with Crippen LogP contribution in [0, 0.1) is 0 Å². The molecule has 20 heavy (non-hydrogen) atoms. The highest BCUT2D eigenvalue weighted by Crippen LogP contribution is 2.25. The Kier molecular flexibility index (Phi) is 5.25. The fourth-order valence-electron chi connectivity index (χ4n) is 1.45. The van der Waals surface area contributed by atoms with E-state index >= 15 is 0 Å². The van der Waals surface area contributed by atoms with Gasteiger partial charge in [0.05, 0.1) is 7.11 Å². The minimum atomic E-state index is -0.703. The van der Waals surface area contributed by atoms with Gasteiger partial charge in [0.2, 0.25) is 5.91 Å². The van der Waals surface area contributed by atoms with E-state index in [1.807, 2.05) is 0 Å². The first-order chi connectivity index (χ1) is 9.35. The summed E-state index contributed by atoms with van der Waals surface area (Å²) in [6, 6.07) is 4.51. The first-order valence-electron chi connectivity index (χ1n) is 6.02. The molecule has 1 aromatic carbocycles. The molecule has 6 nitrogen and oxygen atoms in total. The summed E-state index contributed by atoms with van der Waals surface area (Å²) in [6.45, 7) is 4.33. The van der Waals surface area contributed by atoms with Gasteiger partial charge in [-0.1, -0.05) is 0 Å². The maximum absolute atomic E-state index is 11.6. The fraction of sp³-hybridized carbons (Fsp3) is 0.357. The molecule has 0 aromatic heterocycles. The van der Waals surface area contributed by atoms with E-state index in [0.29, 0.717) is 5.69 Å². The van der Waals surface area contributed by atoms with Crippen molar-refractivity contribution in [2.24, 2.45) is 0 Å². The number of nitrogens with one attached hydrogen (secondary N) is 1. The number of hydrogen-bond donors (Lipinski definition) is 1. The van der Waals surface area contributed by atoms with Crippen molar-refractivity contribution in [2.45, 2.75) is 26.9 Å². The van der Waals surface area contributed by atoms with Crippen LogP contribution < -0.4 is 10.1 Å². The van der Waals surface area contributed by atoms with Gasteiger partial charge in [-0.3, -0.25) is 9.59 Å². The molecule has 0 spiro atoms. The molecule has 0 unspecified atom stereocenters. The number of methoxy groups -OCH3 is 1. The Bertz CT molecular complexity index is 538. The molecule has 0 saturated heterocycles. The van der Waals surface area contributed by atoms with Gasteiger partial charge in [0.15, 0.2) is 11.9 Å². The van der Waals surface area contributed by atoms with Crippen LogP contribution in [0.5, 0.6) is 5.75 Å². The number of anilines is 1. The molecule has 1 N–H and O–H groups in total. The van der Waals surface area contributed by atoms with Crippen LogP contribution in [-0.2, 0) is 14.3 Å². The van der Waals surface area contributed by atoms with E-state index in [2.05, 4.69) is 10.1 Å². The van der Waals surface area contributed by atoms with Crippen LogP contribution in [0.1, 0.15) is 31.1 Å². The van der Waals surface area contributed by atoms with Crippen molar-refractivity contribution < 1.29 is 23.9 Å². The molecular formula is C14H17NO5. The Morgan fingerprint density at radius 1 is 1.20 bits per heavy atom. The molecule has 6 heteroatoms. The van der Waals surface area contributed by atoms with E-state index in [1.54, 1.807) is 13.0 Å². The van der Waals surface area contributed by atoms with Gasteiger partial charge in [-0.25, -0.2) is 4.79 Å². The smallest absolute Gasteiger partial charge is 0.341 e. The quantitative estimate of drug-likeness (QED) is 0.831. The third kappa shape index (κ3) is 4.08. The van der Waals surface area contributed by atoms with E-state index in [9.17, 15) is 14.4 Å². The number of Topliss-reactive ketones (excluding diaryl/α,β-unsaturated/α-hetero) is 1. The first-order valence-corrected chi connectivity index (χ1v) is 6.02. The van der Waals surface area contributed by atoms with Crippen molar-refractivity contribution in [2.75, 3.05) is 12.4 Å². The van der Waals surface area contributed by atoms with Gasteiger partial charge in [-0.05, 0) is 26.0 Å². The third-order valence-electron chi connectivity index (χ3n) is 2.58. The van der Waals surface area contributed by atoms with Gasteiger partial charge in [0.25, 0.3) is 0 Å². The van der Waals surface area contributed by atoms with Crippen molar-refractivity contribution in [3.05, 3.63) is 23.8 Å². The van der Waals surface area contributed by atoms with Gasteiger partial charge < -0.3 is 14.8 Å². The van der Waals surface area contributed by atoms with E-state index < -0.39 is 12.1 Å². The molecule has 108 valence electrons. The number of benzene rings is 1. The van der Waals surface area contributed by atoms with Gasteiger partial charge >= 0.3 is 5.97 Å². The molecule has 0 radical (unpaired) electrons. The Hall–Kier alpha value is -2.37. The molecule has 1 amide bonds. The lowest BCUT2D eigenvalue weighted by Gasteiger charge is -2.15. The molecule has 1 rings (SSSR count). The zero-order valence-electron chi connectivity index (χ0n) is 11.9. The average molecular weight is 279 g/mol. The highest BCUT2D eigenvalue weighted by molar-refractivity contribution is 5.95. The van der Waals surface area contributed by atoms with E-state index in [0.717, 1.165) is 0 Å². The molecule has 0 fully saturated rings. The normalized spacial score (nSPS) is 11.4. The highest BCUT2D eigenvalue weighted by atomic mass is 16.5. The van der Waals surface area contributed by atoms with Gasteiger partial charge in [-0.15, -0.1) is 0 Å². The second kappa shape index (κ2) is 6.70. The number of amides is 1. The minimum Gasteiger partial charge on any atom is -0.482 e. The lowest BCUT2D eigenvalue weighted by Crippen LogP contribution is -2.22. The van der Waals surface area contributed by atoms with Crippen LogP contribution in [-0.4, -0.2) is 30.9 Å². The zero-order valence-corrected chi connectivity index (χ0v) is 11.9. The number of ether oxygens (including phenoxy) is 2. The summed E-state index contributed by atoms with van der Waals surface area (Å²) in [6.07, 6.45) is -0.703. The molecule has 0 saturated carbocycles. The number of rotatable bonds is 5. The van der Waals surface area contributed by atoms with Crippen LogP contribution in [0.25, 0.3) is 0 Å². The largest absolute Gasteiger partial charge is 0.482 e. The summed E-state index contributed by atoms with van der Waals surface area (Å²) in [4.78, 5) is 33.9. The van der Waals surface area contributed by atoms with Gasteiger partial charge in [0.1, 0.15) is 11.3 Å². The number of carbonyl (C=O) groups excluding carboxylic acids is 3. The van der Waals surface area contributed by atoms with Crippen LogP contribution in [0.15, 0.2) is 18.2 Å². The molecule has 0 aliphatic rings. The van der Waals surface area contributed by atoms with Crippen molar-refractivity contribution in [3.63, 3.8) is 0 Å². The standard InChI is InChI=1S/C14H17NO5/c1-8(16)9(2)20-13-7-11(15-10(3)17)5-6-12(13)14(18)19-4/h5-7,9H,1-4H3,(H,15,17)/t9-/m0/s1. The SMILES string of the molecule is COC(=O)c1ccc(NC(C)=O)cc1O[C@@H](C)C(C)=O. The van der Waals surface area contributed by atoms with Gasteiger partial charge in [0, 0.05) is 18.7 Å². The Labute approximate surface area is 117 Å². The minimum absolute atomic E-state index is 0.175. The predicted molar refractivity (Wildman–Crippen MR) is 72.9 cm³/mol. The zero-order chi connectivity index (χ0) is 15.3. The summed E-state index contributed by atoms with van der Waals surface area (Å²) < 4.78 is 10.1. The lowest BCUT2D eigenvalue weighted by atomic mass is 10.1. The van der Waals surface area contributed by atoms with Crippen molar-refractivity contribution in [1.82, 2.24) is 0 Å². The Morgan fingerprint density at radius 3 is 2.35 bits per heavy atom. The number of hydrogen-bond acceptors (Lipinski definition) is 5. The lowest BCUT2D eigenvalue weighted by molar-refractivity contribution is -0.123. The van der Waals surface area contributed by atoms with Crippen LogP contribution in [0.3, 0.4) is 0 Å². The highest BCUT2D eigenvalue weighted by Gasteiger charge is 2.18. The monoisotopic (exact) mass is 279 g/mol. The second-order valence-electron chi connectivity index (χ2n) is 4.25. The van der Waals surface area contributed by atoms with Crippen LogP contribution in [0.2, 0.25) is 0 Å². The first kappa shape index (κ1) is 15.7. The fourth-order valence-corrected chi connectivity index (χ4v) is 1.45. The molecule has 1 aromatic rings. The summed E-state index contributed by atoms with van der Waals surface area (Å²) in [5.74, 6) is -0.817. The molecule has 0 bridgehead atoms. The maximum Gasteiger partial charge on any atom is 0.341 e. The average Bonchev–Trinajstić information content (AvgIpc) is 2.37. The second-order valence-corrected chi connectivity index (χ2v) is 4.25. The topological polar surface area (TPSA) is 81.7 Å². The number of ketones is 1. The van der Waals surface area contributed by atoms with Crippen molar-refractivity contribution in [1.29, 1.82) is 0 Å². The van der Waals surface area contributed by atoms with Gasteiger partial charge in [-0.2, -0.15) is 0 Å². The molecule has 0 aliphatic carbocycles. The summed E-state index contributed by atoms with van der Waals surface area (Å²) in [5.41, 5.74) is 0.658. The number of carbonyl (C=O) groups is 3.